The van der Waals surface area contributed by atoms with Crippen molar-refractivity contribution in [2.45, 2.75) is 0 Å². The molecule has 0 aliphatic carbocycles. The number of carbonyl (C=O) groups is 1. The average molecular weight is 402 g/mol. The van der Waals surface area contributed by atoms with Gasteiger partial charge in [0, 0.05) is 16.6 Å². The van der Waals surface area contributed by atoms with Crippen LogP contribution in [0.15, 0.2) is 84.2 Å². The Labute approximate surface area is 172 Å². The first-order valence-corrected chi connectivity index (χ1v) is 9.84. The molecule has 1 aromatic heterocycles. The van der Waals surface area contributed by atoms with Crippen LogP contribution in [0.3, 0.4) is 0 Å². The Balaban J connectivity index is 1.54. The molecule has 0 aliphatic rings. The molecule has 3 aromatic carbocycles. The molecule has 4 aromatic rings. The van der Waals surface area contributed by atoms with E-state index >= 15 is 0 Å². The summed E-state index contributed by atoms with van der Waals surface area (Å²) in [4.78, 5) is 17.1. The molecule has 0 aliphatic heterocycles. The van der Waals surface area contributed by atoms with Crippen molar-refractivity contribution in [3.8, 4) is 22.8 Å². The first kappa shape index (κ1) is 18.7. The minimum absolute atomic E-state index is 0.398. The maximum absolute atomic E-state index is 12.4. The Morgan fingerprint density at radius 1 is 0.931 bits per heavy atom. The summed E-state index contributed by atoms with van der Waals surface area (Å²) in [6.07, 6.45) is 0. The topological polar surface area (TPSA) is 60.4 Å². The highest BCUT2D eigenvalue weighted by Crippen LogP contribution is 2.33. The zero-order chi connectivity index (χ0) is 20.1. The van der Waals surface area contributed by atoms with E-state index in [1.807, 2.05) is 53.9 Å². The number of para-hydroxylation sites is 1. The van der Waals surface area contributed by atoms with Crippen molar-refractivity contribution >= 4 is 28.1 Å². The molecule has 0 atom stereocenters. The Bertz CT molecular complexity index is 1110. The van der Waals surface area contributed by atoms with Gasteiger partial charge in [-0.15, -0.1) is 11.3 Å². The van der Waals surface area contributed by atoms with Crippen molar-refractivity contribution in [3.63, 3.8) is 0 Å². The van der Waals surface area contributed by atoms with Crippen LogP contribution >= 0.6 is 11.3 Å². The number of nitrogens with zero attached hydrogens (tertiary/aromatic N) is 1. The van der Waals surface area contributed by atoms with Crippen LogP contribution in [-0.2, 0) is 0 Å². The largest absolute Gasteiger partial charge is 0.497 e. The summed E-state index contributed by atoms with van der Waals surface area (Å²) in [5.74, 6) is 0.872. The van der Waals surface area contributed by atoms with Crippen LogP contribution in [-0.4, -0.2) is 18.1 Å². The number of hydrogen-bond acceptors (Lipinski definition) is 6. The summed E-state index contributed by atoms with van der Waals surface area (Å²) in [5.41, 5.74) is 2.91. The monoisotopic (exact) mass is 402 g/mol. The number of aromatic nitrogens is 1. The number of carbonyl (C=O) groups excluding carboxylic acids is 1. The summed E-state index contributed by atoms with van der Waals surface area (Å²) in [5, 5.41) is 5.95. The van der Waals surface area contributed by atoms with E-state index in [1.165, 1.54) is 11.3 Å². The van der Waals surface area contributed by atoms with E-state index in [-0.39, 0.29) is 0 Å². The lowest BCUT2D eigenvalue weighted by Gasteiger charge is -2.08. The zero-order valence-corrected chi connectivity index (χ0v) is 16.5. The lowest BCUT2D eigenvalue weighted by Crippen LogP contribution is -2.08. The maximum atomic E-state index is 12.4. The van der Waals surface area contributed by atoms with Gasteiger partial charge in [-0.25, -0.2) is 9.78 Å². The van der Waals surface area contributed by atoms with Crippen molar-refractivity contribution in [1.29, 1.82) is 0 Å². The van der Waals surface area contributed by atoms with Gasteiger partial charge in [0.05, 0.1) is 18.4 Å². The first-order chi connectivity index (χ1) is 14.2. The predicted octanol–water partition coefficient (Wildman–Crippen LogP) is 5.78. The Hall–Kier alpha value is -3.64. The van der Waals surface area contributed by atoms with Gasteiger partial charge >= 0.3 is 5.97 Å². The van der Waals surface area contributed by atoms with Crippen molar-refractivity contribution in [3.05, 3.63) is 89.8 Å². The molecule has 1 N–H and O–H groups in total. The number of anilines is 2. The number of methoxy groups -OCH3 is 1. The van der Waals surface area contributed by atoms with Crippen LogP contribution in [0.1, 0.15) is 10.4 Å². The first-order valence-electron chi connectivity index (χ1n) is 8.96. The van der Waals surface area contributed by atoms with Crippen LogP contribution in [0.2, 0.25) is 0 Å². The molecule has 5 nitrogen and oxygen atoms in total. The molecular formula is C23H18N2O3S. The summed E-state index contributed by atoms with van der Waals surface area (Å²) in [7, 11) is 1.64. The molecule has 0 saturated carbocycles. The minimum Gasteiger partial charge on any atom is -0.497 e. The fraction of sp³-hybridized carbons (Fsp3) is 0.0435. The number of thiazole rings is 1. The summed E-state index contributed by atoms with van der Waals surface area (Å²) in [6, 6.07) is 23.9. The van der Waals surface area contributed by atoms with Crippen LogP contribution < -0.4 is 14.8 Å². The molecule has 0 radical (unpaired) electrons. The SMILES string of the molecule is COc1ccc(Nc2nc(-c3ccccc3OC(=O)c3ccccc3)cs2)cc1. The third-order valence-electron chi connectivity index (χ3n) is 4.22. The van der Waals surface area contributed by atoms with Gasteiger partial charge in [0.25, 0.3) is 0 Å². The number of esters is 1. The normalized spacial score (nSPS) is 10.4. The maximum Gasteiger partial charge on any atom is 0.343 e. The van der Waals surface area contributed by atoms with Gasteiger partial charge in [0.15, 0.2) is 5.13 Å². The third kappa shape index (κ3) is 4.44. The molecule has 1 heterocycles. The van der Waals surface area contributed by atoms with E-state index in [4.69, 9.17) is 9.47 Å². The Morgan fingerprint density at radius 3 is 2.41 bits per heavy atom. The second-order valence-electron chi connectivity index (χ2n) is 6.14. The van der Waals surface area contributed by atoms with Crippen LogP contribution in [0.5, 0.6) is 11.5 Å². The summed E-state index contributed by atoms with van der Waals surface area (Å²) in [6.45, 7) is 0. The fourth-order valence-electron chi connectivity index (χ4n) is 2.75. The van der Waals surface area contributed by atoms with Gasteiger partial charge in [-0.1, -0.05) is 30.3 Å². The summed E-state index contributed by atoms with van der Waals surface area (Å²) >= 11 is 1.48. The lowest BCUT2D eigenvalue weighted by atomic mass is 10.1. The van der Waals surface area contributed by atoms with Crippen LogP contribution in [0.25, 0.3) is 11.3 Å². The van der Waals surface area contributed by atoms with Gasteiger partial charge < -0.3 is 14.8 Å². The molecule has 0 spiro atoms. The van der Waals surface area contributed by atoms with Gasteiger partial charge in [0.2, 0.25) is 0 Å². The predicted molar refractivity (Wildman–Crippen MR) is 115 cm³/mol. The average Bonchev–Trinajstić information content (AvgIpc) is 3.23. The number of ether oxygens (including phenoxy) is 2. The molecule has 0 saturated heterocycles. The standard InChI is InChI=1S/C23H18N2O3S/c1-27-18-13-11-17(12-14-18)24-23-25-20(15-29-23)19-9-5-6-10-21(19)28-22(26)16-7-3-2-4-8-16/h2-15H,1H3,(H,24,25). The third-order valence-corrected chi connectivity index (χ3v) is 4.98. The van der Waals surface area contributed by atoms with E-state index in [0.717, 1.165) is 27.8 Å². The molecular weight excluding hydrogens is 384 g/mol. The van der Waals surface area contributed by atoms with Crippen molar-refractivity contribution in [2.24, 2.45) is 0 Å². The Kier molecular flexibility index (Phi) is 5.54. The number of rotatable bonds is 6. The second-order valence-corrected chi connectivity index (χ2v) is 7.00. The highest BCUT2D eigenvalue weighted by molar-refractivity contribution is 7.14. The van der Waals surface area contributed by atoms with E-state index in [1.54, 1.807) is 37.4 Å². The zero-order valence-electron chi connectivity index (χ0n) is 15.7. The van der Waals surface area contributed by atoms with Crippen LogP contribution in [0, 0.1) is 0 Å². The van der Waals surface area contributed by atoms with Gasteiger partial charge in [-0.2, -0.15) is 0 Å². The highest BCUT2D eigenvalue weighted by atomic mass is 32.1. The van der Waals surface area contributed by atoms with Gasteiger partial charge in [0.1, 0.15) is 11.5 Å². The van der Waals surface area contributed by atoms with Crippen LogP contribution in [0.4, 0.5) is 10.8 Å². The number of benzene rings is 3. The molecule has 0 bridgehead atoms. The smallest absolute Gasteiger partial charge is 0.343 e. The number of nitrogens with one attached hydrogen (secondary N) is 1. The number of hydrogen-bond donors (Lipinski definition) is 1. The molecule has 29 heavy (non-hydrogen) atoms. The highest BCUT2D eigenvalue weighted by Gasteiger charge is 2.14. The van der Waals surface area contributed by atoms with E-state index in [0.29, 0.717) is 11.3 Å². The van der Waals surface area contributed by atoms with Crippen molar-refractivity contribution < 1.29 is 14.3 Å². The van der Waals surface area contributed by atoms with Gasteiger partial charge in [-0.3, -0.25) is 0 Å². The van der Waals surface area contributed by atoms with E-state index in [2.05, 4.69) is 10.3 Å². The van der Waals surface area contributed by atoms with Crippen molar-refractivity contribution in [2.75, 3.05) is 12.4 Å². The lowest BCUT2D eigenvalue weighted by molar-refractivity contribution is 0.0735. The van der Waals surface area contributed by atoms with E-state index < -0.39 is 5.97 Å². The fourth-order valence-corrected chi connectivity index (χ4v) is 3.48. The quantitative estimate of drug-likeness (QED) is 0.327. The molecule has 4 rings (SSSR count). The van der Waals surface area contributed by atoms with E-state index in [9.17, 15) is 4.79 Å². The Morgan fingerprint density at radius 2 is 1.66 bits per heavy atom. The molecule has 0 fully saturated rings. The second kappa shape index (κ2) is 8.58. The molecule has 0 amide bonds. The molecule has 6 heteroatoms. The minimum atomic E-state index is -0.398. The molecule has 0 unspecified atom stereocenters. The summed E-state index contributed by atoms with van der Waals surface area (Å²) < 4.78 is 10.8. The van der Waals surface area contributed by atoms with Crippen molar-refractivity contribution in [1.82, 2.24) is 4.98 Å². The van der Waals surface area contributed by atoms with Gasteiger partial charge in [-0.05, 0) is 48.5 Å². The molecule has 144 valence electrons.